The molecule has 0 aliphatic carbocycles. The summed E-state index contributed by atoms with van der Waals surface area (Å²) in [6.07, 6.45) is 1.45. The van der Waals surface area contributed by atoms with Gasteiger partial charge >= 0.3 is 29.4 Å². The molecule has 15 nitrogen and oxygen atoms in total. The molecule has 0 aliphatic rings. The van der Waals surface area contributed by atoms with Crippen molar-refractivity contribution in [2.75, 3.05) is 0 Å². The minimum Gasteiger partial charge on any atom is -0.477 e. The van der Waals surface area contributed by atoms with Crippen LogP contribution in [0, 0.1) is 0 Å². The van der Waals surface area contributed by atoms with Gasteiger partial charge in [0.25, 0.3) is 0 Å². The second-order valence-electron chi connectivity index (χ2n) is 3.06. The molecule has 1 aromatic heterocycles. The molecule has 0 radical (unpaired) electrons. The SMILES string of the molecule is O=C(O)c1ccccn1.O=P(O)(O)O.O=P(O)(O)O.O=P(O)(O)O. The van der Waals surface area contributed by atoms with Crippen molar-refractivity contribution in [1.82, 2.24) is 4.98 Å². The van der Waals surface area contributed by atoms with Crippen molar-refractivity contribution in [3.8, 4) is 0 Å². The van der Waals surface area contributed by atoms with Gasteiger partial charge in [0.2, 0.25) is 0 Å². The molecule has 0 bridgehead atoms. The Hall–Kier alpha value is -1.05. The van der Waals surface area contributed by atoms with Crippen LogP contribution >= 0.6 is 23.5 Å². The molecule has 0 unspecified atom stereocenters. The van der Waals surface area contributed by atoms with E-state index < -0.39 is 29.4 Å². The van der Waals surface area contributed by atoms with E-state index in [1.54, 1.807) is 12.1 Å². The highest BCUT2D eigenvalue weighted by Gasteiger charge is 2.01. The van der Waals surface area contributed by atoms with E-state index in [-0.39, 0.29) is 5.69 Å². The Labute approximate surface area is 133 Å². The number of carboxylic acids is 1. The topological polar surface area (TPSA) is 283 Å². The number of aromatic carboxylic acids is 1. The molecule has 18 heteroatoms. The number of aromatic nitrogens is 1. The standard InChI is InChI=1S/C6H5NO2.3H3O4P/c8-6(9)5-3-1-2-4-7-5;3*1-5(2,3)4/h1-4H,(H,8,9);3*(H3,1,2,3,4). The van der Waals surface area contributed by atoms with Gasteiger partial charge in [-0.05, 0) is 12.1 Å². The molecule has 0 amide bonds. The van der Waals surface area contributed by atoms with Gasteiger partial charge < -0.3 is 49.1 Å². The average Bonchev–Trinajstić information content (AvgIpc) is 2.23. The maximum Gasteiger partial charge on any atom is 0.466 e. The third kappa shape index (κ3) is 69.5. The molecular formula is C6H14NO14P3. The Bertz CT molecular complexity index is 528. The number of rotatable bonds is 1. The van der Waals surface area contributed by atoms with Crippen LogP contribution in [-0.4, -0.2) is 60.1 Å². The van der Waals surface area contributed by atoms with Gasteiger partial charge in [-0.3, -0.25) is 0 Å². The van der Waals surface area contributed by atoms with E-state index in [9.17, 15) is 4.79 Å². The van der Waals surface area contributed by atoms with E-state index in [1.165, 1.54) is 12.3 Å². The molecule has 142 valence electrons. The lowest BCUT2D eigenvalue weighted by Gasteiger charge is -1.87. The summed E-state index contributed by atoms with van der Waals surface area (Å²) < 4.78 is 26.6. The zero-order chi connectivity index (χ0) is 20.2. The Kier molecular flexibility index (Phi) is 14.3. The fraction of sp³-hybridized carbons (Fsp3) is 0. The summed E-state index contributed by atoms with van der Waals surface area (Å²) in [6.45, 7) is 0. The molecule has 0 saturated heterocycles. The van der Waals surface area contributed by atoms with Gasteiger partial charge in [-0.15, -0.1) is 0 Å². The van der Waals surface area contributed by atoms with Gasteiger partial charge in [-0.25, -0.2) is 23.5 Å². The first-order chi connectivity index (χ1) is 10.3. The summed E-state index contributed by atoms with van der Waals surface area (Å²) in [5, 5.41) is 8.32. The Morgan fingerprint density at radius 1 is 0.750 bits per heavy atom. The van der Waals surface area contributed by atoms with Crippen molar-refractivity contribution < 1.29 is 67.6 Å². The second-order valence-corrected chi connectivity index (χ2v) is 6.14. The lowest BCUT2D eigenvalue weighted by molar-refractivity contribution is 0.0690. The molecule has 24 heavy (non-hydrogen) atoms. The molecule has 0 aliphatic heterocycles. The lowest BCUT2D eigenvalue weighted by atomic mass is 10.4. The summed E-state index contributed by atoms with van der Waals surface area (Å²) in [7, 11) is -13.9. The fourth-order valence-corrected chi connectivity index (χ4v) is 0.489. The lowest BCUT2D eigenvalue weighted by Crippen LogP contribution is -1.97. The monoisotopic (exact) mass is 417 g/mol. The highest BCUT2D eigenvalue weighted by atomic mass is 31.2. The molecule has 1 rings (SSSR count). The Morgan fingerprint density at radius 2 is 1.04 bits per heavy atom. The first-order valence-corrected chi connectivity index (χ1v) is 9.49. The zero-order valence-electron chi connectivity index (χ0n) is 11.2. The summed E-state index contributed by atoms with van der Waals surface area (Å²) in [5.41, 5.74) is 0.0810. The van der Waals surface area contributed by atoms with Crippen molar-refractivity contribution in [2.24, 2.45) is 0 Å². The van der Waals surface area contributed by atoms with Gasteiger partial charge in [-0.1, -0.05) is 6.07 Å². The second kappa shape index (κ2) is 12.3. The van der Waals surface area contributed by atoms with Gasteiger partial charge in [0.15, 0.2) is 0 Å². The van der Waals surface area contributed by atoms with Crippen LogP contribution in [0.25, 0.3) is 0 Å². The molecule has 0 saturated carbocycles. The van der Waals surface area contributed by atoms with Gasteiger partial charge in [0.05, 0.1) is 0 Å². The smallest absolute Gasteiger partial charge is 0.466 e. The minimum atomic E-state index is -4.64. The molecule has 0 fully saturated rings. The zero-order valence-corrected chi connectivity index (χ0v) is 13.9. The van der Waals surface area contributed by atoms with Crippen LogP contribution in [-0.2, 0) is 13.7 Å². The fourth-order valence-electron chi connectivity index (χ4n) is 0.489. The predicted octanol–water partition coefficient (Wildman–Crippen LogP) is -2.01. The van der Waals surface area contributed by atoms with Crippen LogP contribution in [0.3, 0.4) is 0 Å². The van der Waals surface area contributed by atoms with Crippen molar-refractivity contribution in [3.63, 3.8) is 0 Å². The molecule has 0 spiro atoms. The quantitative estimate of drug-likeness (QED) is 0.221. The van der Waals surface area contributed by atoms with E-state index in [4.69, 9.17) is 62.8 Å². The number of pyridine rings is 1. The van der Waals surface area contributed by atoms with Crippen LogP contribution in [0.2, 0.25) is 0 Å². The van der Waals surface area contributed by atoms with Crippen LogP contribution in [0.1, 0.15) is 10.5 Å². The molecule has 0 aromatic carbocycles. The van der Waals surface area contributed by atoms with Gasteiger partial charge in [0.1, 0.15) is 5.69 Å². The first-order valence-electron chi connectivity index (χ1n) is 4.80. The predicted molar refractivity (Wildman–Crippen MR) is 74.0 cm³/mol. The number of hydrogen-bond donors (Lipinski definition) is 10. The van der Waals surface area contributed by atoms with E-state index in [0.29, 0.717) is 0 Å². The number of phosphoric acid groups is 3. The van der Waals surface area contributed by atoms with E-state index >= 15 is 0 Å². The maximum atomic E-state index is 10.1. The number of carboxylic acid groups (broad SMARTS) is 1. The number of hydrogen-bond acceptors (Lipinski definition) is 5. The molecule has 10 N–H and O–H groups in total. The Balaban J connectivity index is -0.000000259. The van der Waals surface area contributed by atoms with Crippen molar-refractivity contribution in [2.45, 2.75) is 0 Å². The summed E-state index contributed by atoms with van der Waals surface area (Å²) in [4.78, 5) is 78.4. The van der Waals surface area contributed by atoms with E-state index in [0.717, 1.165) is 0 Å². The molecule has 0 atom stereocenters. The largest absolute Gasteiger partial charge is 0.477 e. The third-order valence-electron chi connectivity index (χ3n) is 0.884. The van der Waals surface area contributed by atoms with Crippen LogP contribution in [0.15, 0.2) is 24.4 Å². The van der Waals surface area contributed by atoms with Crippen molar-refractivity contribution in [3.05, 3.63) is 30.1 Å². The van der Waals surface area contributed by atoms with Gasteiger partial charge in [-0.2, -0.15) is 0 Å². The van der Waals surface area contributed by atoms with Crippen molar-refractivity contribution >= 4 is 29.4 Å². The molecular weight excluding hydrogens is 403 g/mol. The van der Waals surface area contributed by atoms with E-state index in [1.807, 2.05) is 0 Å². The molecule has 1 heterocycles. The van der Waals surface area contributed by atoms with E-state index in [2.05, 4.69) is 4.98 Å². The van der Waals surface area contributed by atoms with Crippen LogP contribution < -0.4 is 0 Å². The number of carbonyl (C=O) groups is 1. The maximum absolute atomic E-state index is 10.1. The minimum absolute atomic E-state index is 0.0810. The molecule has 1 aromatic rings. The third-order valence-corrected chi connectivity index (χ3v) is 0.884. The van der Waals surface area contributed by atoms with Crippen LogP contribution in [0.4, 0.5) is 0 Å². The number of nitrogens with zero attached hydrogens (tertiary/aromatic N) is 1. The summed E-state index contributed by atoms with van der Waals surface area (Å²) in [6, 6.07) is 4.76. The highest BCUT2D eigenvalue weighted by molar-refractivity contribution is 7.45. The van der Waals surface area contributed by atoms with Crippen molar-refractivity contribution in [1.29, 1.82) is 0 Å². The Morgan fingerprint density at radius 3 is 1.17 bits per heavy atom. The van der Waals surface area contributed by atoms with Crippen LogP contribution in [0.5, 0.6) is 0 Å². The highest BCUT2D eigenvalue weighted by Crippen LogP contribution is 2.26. The normalized spacial score (nSPS) is 10.7. The first kappa shape index (κ1) is 27.8. The summed E-state index contributed by atoms with van der Waals surface area (Å²) in [5.74, 6) is -0.990. The summed E-state index contributed by atoms with van der Waals surface area (Å²) >= 11 is 0. The average molecular weight is 417 g/mol. The van der Waals surface area contributed by atoms with Gasteiger partial charge in [0, 0.05) is 6.20 Å².